The maximum atomic E-state index is 11.0. The van der Waals surface area contributed by atoms with Crippen LogP contribution in [0.4, 0.5) is 0 Å². The van der Waals surface area contributed by atoms with Gasteiger partial charge in [-0.25, -0.2) is 0 Å². The van der Waals surface area contributed by atoms with E-state index in [0.29, 0.717) is 12.8 Å². The first-order chi connectivity index (χ1) is 6.59. The summed E-state index contributed by atoms with van der Waals surface area (Å²) in [5, 5.41) is 1.97. The second-order valence-electron chi connectivity index (χ2n) is 3.52. The lowest BCUT2D eigenvalue weighted by Crippen LogP contribution is -2.07. The summed E-state index contributed by atoms with van der Waals surface area (Å²) < 4.78 is 0. The van der Waals surface area contributed by atoms with Gasteiger partial charge in [-0.15, -0.1) is 11.3 Å². The molecule has 0 saturated carbocycles. The number of carbonyl (C=O) groups excluding carboxylic acids is 2. The molecule has 3 heteroatoms. The molecule has 0 aliphatic carbocycles. The highest BCUT2D eigenvalue weighted by molar-refractivity contribution is 7.10. The molecule has 0 aliphatic rings. The van der Waals surface area contributed by atoms with Gasteiger partial charge in [0.15, 0.2) is 0 Å². The SMILES string of the molecule is CC(=O)CC(CC(C)=O)c1cccs1. The molecule has 0 N–H and O–H groups in total. The van der Waals surface area contributed by atoms with Crippen molar-refractivity contribution in [2.24, 2.45) is 0 Å². The van der Waals surface area contributed by atoms with E-state index < -0.39 is 0 Å². The van der Waals surface area contributed by atoms with E-state index in [9.17, 15) is 9.59 Å². The summed E-state index contributed by atoms with van der Waals surface area (Å²) in [5.41, 5.74) is 0. The molecule has 0 radical (unpaired) electrons. The minimum absolute atomic E-state index is 0.0880. The van der Waals surface area contributed by atoms with Crippen LogP contribution in [0.25, 0.3) is 0 Å². The van der Waals surface area contributed by atoms with E-state index in [1.165, 1.54) is 0 Å². The highest BCUT2D eigenvalue weighted by Crippen LogP contribution is 2.27. The van der Waals surface area contributed by atoms with Gasteiger partial charge in [-0.05, 0) is 25.3 Å². The van der Waals surface area contributed by atoms with Gasteiger partial charge in [0.2, 0.25) is 0 Å². The number of ketones is 2. The van der Waals surface area contributed by atoms with Crippen molar-refractivity contribution in [1.82, 2.24) is 0 Å². The van der Waals surface area contributed by atoms with Crippen LogP contribution in [-0.2, 0) is 9.59 Å². The standard InChI is InChI=1S/C11H14O2S/c1-8(12)6-10(7-9(2)13)11-4-3-5-14-11/h3-5,10H,6-7H2,1-2H3. The van der Waals surface area contributed by atoms with Crippen molar-refractivity contribution in [3.05, 3.63) is 22.4 Å². The van der Waals surface area contributed by atoms with Gasteiger partial charge in [0.1, 0.15) is 11.6 Å². The summed E-state index contributed by atoms with van der Waals surface area (Å²) in [6.07, 6.45) is 0.945. The van der Waals surface area contributed by atoms with Gasteiger partial charge in [-0.3, -0.25) is 0 Å². The Morgan fingerprint density at radius 3 is 2.21 bits per heavy atom. The Labute approximate surface area is 87.9 Å². The van der Waals surface area contributed by atoms with Crippen molar-refractivity contribution in [3.63, 3.8) is 0 Å². The number of hydrogen-bond donors (Lipinski definition) is 0. The first kappa shape index (κ1) is 11.1. The van der Waals surface area contributed by atoms with Crippen molar-refractivity contribution in [1.29, 1.82) is 0 Å². The predicted molar refractivity (Wildman–Crippen MR) is 57.7 cm³/mol. The fraction of sp³-hybridized carbons (Fsp3) is 0.455. The number of hydrogen-bond acceptors (Lipinski definition) is 3. The van der Waals surface area contributed by atoms with E-state index in [-0.39, 0.29) is 17.5 Å². The first-order valence-corrected chi connectivity index (χ1v) is 5.50. The van der Waals surface area contributed by atoms with Crippen LogP contribution >= 0.6 is 11.3 Å². The third-order valence-electron chi connectivity index (χ3n) is 2.01. The third-order valence-corrected chi connectivity index (χ3v) is 3.05. The summed E-state index contributed by atoms with van der Waals surface area (Å²) in [4.78, 5) is 23.2. The molecule has 76 valence electrons. The van der Waals surface area contributed by atoms with Crippen LogP contribution < -0.4 is 0 Å². The maximum absolute atomic E-state index is 11.0. The van der Waals surface area contributed by atoms with Crippen LogP contribution in [0.2, 0.25) is 0 Å². The van der Waals surface area contributed by atoms with Crippen LogP contribution in [0.1, 0.15) is 37.5 Å². The Balaban J connectivity index is 2.71. The molecule has 0 saturated heterocycles. The highest BCUT2D eigenvalue weighted by Gasteiger charge is 2.16. The lowest BCUT2D eigenvalue weighted by atomic mass is 9.96. The van der Waals surface area contributed by atoms with Crippen LogP contribution in [0.3, 0.4) is 0 Å². The molecule has 0 bridgehead atoms. The number of carbonyl (C=O) groups is 2. The van der Waals surface area contributed by atoms with Gasteiger partial charge in [0.05, 0.1) is 0 Å². The summed E-state index contributed by atoms with van der Waals surface area (Å²) in [5.74, 6) is 0.374. The lowest BCUT2D eigenvalue weighted by Gasteiger charge is -2.11. The molecule has 1 heterocycles. The smallest absolute Gasteiger partial charge is 0.130 e. The van der Waals surface area contributed by atoms with Gasteiger partial charge in [-0.2, -0.15) is 0 Å². The summed E-state index contributed by atoms with van der Waals surface area (Å²) >= 11 is 1.61. The molecule has 0 atom stereocenters. The van der Waals surface area contributed by atoms with E-state index in [0.717, 1.165) is 4.88 Å². The summed E-state index contributed by atoms with van der Waals surface area (Å²) in [6, 6.07) is 3.94. The third kappa shape index (κ3) is 3.42. The Bertz CT molecular complexity index is 298. The monoisotopic (exact) mass is 210 g/mol. The summed E-state index contributed by atoms with van der Waals surface area (Å²) in [6.45, 7) is 3.14. The van der Waals surface area contributed by atoms with Gasteiger partial charge in [0, 0.05) is 23.6 Å². The zero-order valence-corrected chi connectivity index (χ0v) is 9.26. The second-order valence-corrected chi connectivity index (χ2v) is 4.50. The van der Waals surface area contributed by atoms with Crippen molar-refractivity contribution in [2.45, 2.75) is 32.6 Å². The van der Waals surface area contributed by atoms with E-state index >= 15 is 0 Å². The number of rotatable bonds is 5. The van der Waals surface area contributed by atoms with Gasteiger partial charge < -0.3 is 9.59 Å². The quantitative estimate of drug-likeness (QED) is 0.749. The Morgan fingerprint density at radius 1 is 1.29 bits per heavy atom. The second kappa shape index (κ2) is 5.05. The molecule has 14 heavy (non-hydrogen) atoms. The van der Waals surface area contributed by atoms with E-state index in [1.807, 2.05) is 17.5 Å². The van der Waals surface area contributed by atoms with Crippen LogP contribution in [0, 0.1) is 0 Å². The van der Waals surface area contributed by atoms with Crippen LogP contribution in [0.15, 0.2) is 17.5 Å². The van der Waals surface area contributed by atoms with E-state index in [4.69, 9.17) is 0 Å². The minimum atomic E-state index is 0.0880. The number of thiophene rings is 1. The Hall–Kier alpha value is -0.960. The summed E-state index contributed by atoms with van der Waals surface area (Å²) in [7, 11) is 0. The van der Waals surface area contributed by atoms with Crippen molar-refractivity contribution in [3.8, 4) is 0 Å². The maximum Gasteiger partial charge on any atom is 0.130 e. The largest absolute Gasteiger partial charge is 0.300 e. The Kier molecular flexibility index (Phi) is 4.01. The van der Waals surface area contributed by atoms with Crippen LogP contribution in [0.5, 0.6) is 0 Å². The lowest BCUT2D eigenvalue weighted by molar-refractivity contribution is -0.118. The molecule has 0 aliphatic heterocycles. The average molecular weight is 210 g/mol. The molecule has 0 fully saturated rings. The van der Waals surface area contributed by atoms with Crippen molar-refractivity contribution < 1.29 is 9.59 Å². The molecule has 1 rings (SSSR count). The van der Waals surface area contributed by atoms with Gasteiger partial charge >= 0.3 is 0 Å². The zero-order chi connectivity index (χ0) is 10.6. The molecular weight excluding hydrogens is 196 g/mol. The molecular formula is C11H14O2S. The minimum Gasteiger partial charge on any atom is -0.300 e. The topological polar surface area (TPSA) is 34.1 Å². The van der Waals surface area contributed by atoms with Gasteiger partial charge in [0.25, 0.3) is 0 Å². The average Bonchev–Trinajstić information content (AvgIpc) is 2.52. The molecule has 2 nitrogen and oxygen atoms in total. The fourth-order valence-electron chi connectivity index (χ4n) is 1.49. The molecule has 1 aromatic heterocycles. The molecule has 0 amide bonds. The Morgan fingerprint density at radius 2 is 1.86 bits per heavy atom. The predicted octanol–water partition coefficient (Wildman–Crippen LogP) is 2.79. The highest BCUT2D eigenvalue weighted by atomic mass is 32.1. The molecule has 0 unspecified atom stereocenters. The molecule has 0 aromatic carbocycles. The van der Waals surface area contributed by atoms with E-state index in [2.05, 4.69) is 0 Å². The zero-order valence-electron chi connectivity index (χ0n) is 8.45. The fourth-order valence-corrected chi connectivity index (χ4v) is 2.32. The number of Topliss-reactive ketones (excluding diaryl/α,β-unsaturated/α-hetero) is 2. The normalized spacial score (nSPS) is 10.5. The van der Waals surface area contributed by atoms with Gasteiger partial charge in [-0.1, -0.05) is 6.07 Å². The first-order valence-electron chi connectivity index (χ1n) is 4.62. The van der Waals surface area contributed by atoms with E-state index in [1.54, 1.807) is 25.2 Å². The van der Waals surface area contributed by atoms with Crippen LogP contribution in [-0.4, -0.2) is 11.6 Å². The molecule has 1 aromatic rings. The van der Waals surface area contributed by atoms with Crippen molar-refractivity contribution in [2.75, 3.05) is 0 Å². The molecule has 0 spiro atoms. The van der Waals surface area contributed by atoms with Crippen molar-refractivity contribution >= 4 is 22.9 Å².